The number of Topliss-reactive ketones (excluding diaryl/α,β-unsaturated/α-hetero) is 1. The minimum Gasteiger partial charge on any atom is -0.508 e. The average Bonchev–Trinajstić information content (AvgIpc) is 2.40. The Balaban J connectivity index is 2.26. The van der Waals surface area contributed by atoms with Crippen molar-refractivity contribution in [1.82, 2.24) is 0 Å². The zero-order chi connectivity index (χ0) is 13.9. The van der Waals surface area contributed by atoms with Crippen LogP contribution in [0, 0.1) is 5.92 Å². The summed E-state index contributed by atoms with van der Waals surface area (Å²) in [5, 5.41) is 9.45. The van der Waals surface area contributed by atoms with Gasteiger partial charge in [-0.25, -0.2) is 0 Å². The number of ketones is 1. The van der Waals surface area contributed by atoms with Gasteiger partial charge in [0.05, 0.1) is 0 Å². The van der Waals surface area contributed by atoms with Crippen LogP contribution in [-0.4, -0.2) is 10.9 Å². The van der Waals surface area contributed by atoms with Crippen molar-refractivity contribution in [2.24, 2.45) is 5.92 Å². The number of rotatable bonds is 4. The topological polar surface area (TPSA) is 37.3 Å². The predicted molar refractivity (Wildman–Crippen MR) is 77.3 cm³/mol. The maximum Gasteiger partial charge on any atom is 0.132 e. The Hall–Kier alpha value is -1.31. The van der Waals surface area contributed by atoms with E-state index in [0.717, 1.165) is 38.5 Å². The van der Waals surface area contributed by atoms with Crippen LogP contribution in [0.5, 0.6) is 5.75 Å². The summed E-state index contributed by atoms with van der Waals surface area (Å²) >= 11 is 0. The van der Waals surface area contributed by atoms with E-state index >= 15 is 0 Å². The standard InChI is InChI=1S/C17H24O2/c1-3-12-17(2,13-4-8-15(18)9-5-13)14-6-10-16(19)11-7-14/h4-5,8-9,14,18H,3,6-7,10-12H2,1-2H3. The highest BCUT2D eigenvalue weighted by Crippen LogP contribution is 2.43. The molecule has 1 aromatic rings. The summed E-state index contributed by atoms with van der Waals surface area (Å²) in [6.45, 7) is 4.54. The summed E-state index contributed by atoms with van der Waals surface area (Å²) in [4.78, 5) is 11.4. The van der Waals surface area contributed by atoms with Crippen molar-refractivity contribution < 1.29 is 9.90 Å². The van der Waals surface area contributed by atoms with Gasteiger partial charge in [-0.1, -0.05) is 32.4 Å². The molecule has 1 N–H and O–H groups in total. The van der Waals surface area contributed by atoms with Crippen LogP contribution in [0.25, 0.3) is 0 Å². The summed E-state index contributed by atoms with van der Waals surface area (Å²) in [5.74, 6) is 1.32. The maximum absolute atomic E-state index is 11.4. The number of carbonyl (C=O) groups is 1. The highest BCUT2D eigenvalue weighted by Gasteiger charge is 2.37. The van der Waals surface area contributed by atoms with Crippen LogP contribution in [0.3, 0.4) is 0 Å². The molecule has 2 rings (SSSR count). The zero-order valence-corrected chi connectivity index (χ0v) is 12.0. The van der Waals surface area contributed by atoms with Gasteiger partial charge >= 0.3 is 0 Å². The molecule has 1 aliphatic carbocycles. The van der Waals surface area contributed by atoms with Crippen LogP contribution in [0.4, 0.5) is 0 Å². The van der Waals surface area contributed by atoms with Crippen LogP contribution in [0.1, 0.15) is 57.9 Å². The van der Waals surface area contributed by atoms with Crippen LogP contribution >= 0.6 is 0 Å². The van der Waals surface area contributed by atoms with Gasteiger partial charge in [0, 0.05) is 12.8 Å². The fraction of sp³-hybridized carbons (Fsp3) is 0.588. The second kappa shape index (κ2) is 5.77. The van der Waals surface area contributed by atoms with Crippen LogP contribution in [-0.2, 0) is 10.2 Å². The van der Waals surface area contributed by atoms with Gasteiger partial charge < -0.3 is 5.11 Å². The van der Waals surface area contributed by atoms with Crippen LogP contribution in [0.15, 0.2) is 24.3 Å². The molecule has 0 aromatic heterocycles. The first-order valence-corrected chi connectivity index (χ1v) is 7.37. The Kier molecular flexibility index (Phi) is 4.28. The Labute approximate surface area is 115 Å². The van der Waals surface area contributed by atoms with Crippen LogP contribution < -0.4 is 0 Å². The molecule has 19 heavy (non-hydrogen) atoms. The van der Waals surface area contributed by atoms with E-state index < -0.39 is 0 Å². The molecule has 1 unspecified atom stereocenters. The smallest absolute Gasteiger partial charge is 0.132 e. The molecule has 104 valence electrons. The molecule has 1 aliphatic rings. The van der Waals surface area contributed by atoms with Gasteiger partial charge in [0.1, 0.15) is 11.5 Å². The van der Waals surface area contributed by atoms with E-state index in [0.29, 0.717) is 17.5 Å². The molecule has 0 radical (unpaired) electrons. The number of hydrogen-bond donors (Lipinski definition) is 1. The lowest BCUT2D eigenvalue weighted by Gasteiger charge is -2.40. The summed E-state index contributed by atoms with van der Waals surface area (Å²) in [7, 11) is 0. The number of benzene rings is 1. The van der Waals surface area contributed by atoms with Crippen molar-refractivity contribution in [3.8, 4) is 5.75 Å². The van der Waals surface area contributed by atoms with Gasteiger partial charge in [-0.05, 0) is 48.3 Å². The molecule has 0 spiro atoms. The first-order valence-electron chi connectivity index (χ1n) is 7.37. The van der Waals surface area contributed by atoms with E-state index in [1.54, 1.807) is 12.1 Å². The molecule has 0 saturated heterocycles. The fourth-order valence-electron chi connectivity index (χ4n) is 3.52. The number of phenolic OH excluding ortho intramolecular Hbond substituents is 1. The van der Waals surface area contributed by atoms with Crippen molar-refractivity contribution in [3.05, 3.63) is 29.8 Å². The van der Waals surface area contributed by atoms with Crippen molar-refractivity contribution in [2.45, 2.75) is 57.8 Å². The largest absolute Gasteiger partial charge is 0.508 e. The number of aromatic hydroxyl groups is 1. The van der Waals surface area contributed by atoms with E-state index in [2.05, 4.69) is 13.8 Å². The van der Waals surface area contributed by atoms with Crippen molar-refractivity contribution in [3.63, 3.8) is 0 Å². The highest BCUT2D eigenvalue weighted by molar-refractivity contribution is 5.79. The second-order valence-corrected chi connectivity index (χ2v) is 6.03. The van der Waals surface area contributed by atoms with E-state index in [-0.39, 0.29) is 5.41 Å². The van der Waals surface area contributed by atoms with Gasteiger partial charge in [0.2, 0.25) is 0 Å². The Bertz CT molecular complexity index is 425. The summed E-state index contributed by atoms with van der Waals surface area (Å²) in [5.41, 5.74) is 1.43. The molecular formula is C17H24O2. The zero-order valence-electron chi connectivity index (χ0n) is 12.0. The first-order chi connectivity index (χ1) is 9.06. The molecule has 2 nitrogen and oxygen atoms in total. The summed E-state index contributed by atoms with van der Waals surface area (Å²) in [6.07, 6.45) is 5.77. The number of carbonyl (C=O) groups excluding carboxylic acids is 1. The highest BCUT2D eigenvalue weighted by atomic mass is 16.3. The lowest BCUT2D eigenvalue weighted by Crippen LogP contribution is -2.35. The monoisotopic (exact) mass is 260 g/mol. The van der Waals surface area contributed by atoms with Crippen molar-refractivity contribution >= 4 is 5.78 Å². The fourth-order valence-corrected chi connectivity index (χ4v) is 3.52. The normalized spacial score (nSPS) is 20.2. The molecule has 0 heterocycles. The average molecular weight is 260 g/mol. The van der Waals surface area contributed by atoms with E-state index in [9.17, 15) is 9.90 Å². The molecule has 1 atom stereocenters. The quantitative estimate of drug-likeness (QED) is 0.880. The molecule has 0 bridgehead atoms. The molecule has 1 saturated carbocycles. The molecular weight excluding hydrogens is 236 g/mol. The molecule has 0 amide bonds. The third-order valence-corrected chi connectivity index (χ3v) is 4.74. The van der Waals surface area contributed by atoms with Crippen LogP contribution in [0.2, 0.25) is 0 Å². The number of phenols is 1. The molecule has 1 aromatic carbocycles. The summed E-state index contributed by atoms with van der Waals surface area (Å²) < 4.78 is 0. The minimum atomic E-state index is 0.128. The maximum atomic E-state index is 11.4. The van der Waals surface area contributed by atoms with Gasteiger partial charge in [0.15, 0.2) is 0 Å². The lowest BCUT2D eigenvalue weighted by atomic mass is 9.64. The first kappa shape index (κ1) is 14.1. The lowest BCUT2D eigenvalue weighted by molar-refractivity contribution is -0.121. The SMILES string of the molecule is CCCC(C)(c1ccc(O)cc1)C1CCC(=O)CC1. The molecule has 0 aliphatic heterocycles. The molecule has 2 heteroatoms. The van der Waals surface area contributed by atoms with Crippen molar-refractivity contribution in [1.29, 1.82) is 0 Å². The van der Waals surface area contributed by atoms with E-state index in [1.165, 1.54) is 5.56 Å². The van der Waals surface area contributed by atoms with E-state index in [4.69, 9.17) is 0 Å². The molecule has 1 fully saturated rings. The minimum absolute atomic E-state index is 0.128. The Morgan fingerprint density at radius 1 is 1.21 bits per heavy atom. The van der Waals surface area contributed by atoms with Gasteiger partial charge in [0.25, 0.3) is 0 Å². The number of hydrogen-bond acceptors (Lipinski definition) is 2. The van der Waals surface area contributed by atoms with Crippen molar-refractivity contribution in [2.75, 3.05) is 0 Å². The van der Waals surface area contributed by atoms with E-state index in [1.807, 2.05) is 12.1 Å². The Morgan fingerprint density at radius 2 is 1.79 bits per heavy atom. The Morgan fingerprint density at radius 3 is 2.32 bits per heavy atom. The van der Waals surface area contributed by atoms with Gasteiger partial charge in [-0.15, -0.1) is 0 Å². The van der Waals surface area contributed by atoms with Gasteiger partial charge in [-0.2, -0.15) is 0 Å². The third kappa shape index (κ3) is 2.99. The second-order valence-electron chi connectivity index (χ2n) is 6.03. The third-order valence-electron chi connectivity index (χ3n) is 4.74. The predicted octanol–water partition coefficient (Wildman–Crippen LogP) is 4.21. The van der Waals surface area contributed by atoms with Gasteiger partial charge in [-0.3, -0.25) is 4.79 Å². The summed E-state index contributed by atoms with van der Waals surface area (Å²) in [6, 6.07) is 7.64.